The number of nitrogens with one attached hydrogen (secondary N) is 2. The molecule has 2 saturated heterocycles. The third-order valence-corrected chi connectivity index (χ3v) is 4.56. The second-order valence-corrected chi connectivity index (χ2v) is 5.80. The van der Waals surface area contributed by atoms with E-state index < -0.39 is 11.6 Å². The standard InChI is InChI=1S/C14H19N3O3/c18-11(10-4-2-1-3-5-10)17-8-6-14(7-9-17)12(19)15-13(20)16-14/h1-2,10H,3-9H2,(H2,15,16,19,20)/t10-/m0/s1. The van der Waals surface area contributed by atoms with Crippen molar-refractivity contribution in [3.8, 4) is 0 Å². The smallest absolute Gasteiger partial charge is 0.322 e. The molecule has 0 saturated carbocycles. The van der Waals surface area contributed by atoms with Crippen molar-refractivity contribution < 1.29 is 14.4 Å². The molecule has 6 heteroatoms. The molecule has 0 aromatic carbocycles. The lowest BCUT2D eigenvalue weighted by Gasteiger charge is -2.38. The monoisotopic (exact) mass is 277 g/mol. The highest BCUT2D eigenvalue weighted by Gasteiger charge is 2.48. The number of likely N-dealkylation sites (tertiary alicyclic amines) is 1. The Morgan fingerprint density at radius 3 is 2.55 bits per heavy atom. The van der Waals surface area contributed by atoms with Gasteiger partial charge in [0, 0.05) is 19.0 Å². The van der Waals surface area contributed by atoms with E-state index in [-0.39, 0.29) is 17.7 Å². The van der Waals surface area contributed by atoms with Gasteiger partial charge in [-0.15, -0.1) is 0 Å². The number of hydrogen-bond donors (Lipinski definition) is 2. The summed E-state index contributed by atoms with van der Waals surface area (Å²) in [6.45, 7) is 1.07. The van der Waals surface area contributed by atoms with E-state index in [9.17, 15) is 14.4 Å². The molecule has 2 fully saturated rings. The number of carbonyl (C=O) groups excluding carboxylic acids is 3. The molecule has 6 nitrogen and oxygen atoms in total. The van der Waals surface area contributed by atoms with Gasteiger partial charge in [-0.05, 0) is 32.1 Å². The van der Waals surface area contributed by atoms with Crippen molar-refractivity contribution in [1.29, 1.82) is 0 Å². The number of carbonyl (C=O) groups is 3. The molecule has 1 aliphatic carbocycles. The molecular formula is C14H19N3O3. The first-order chi connectivity index (χ1) is 9.61. The van der Waals surface area contributed by atoms with E-state index in [0.29, 0.717) is 25.9 Å². The fourth-order valence-corrected chi connectivity index (χ4v) is 3.27. The van der Waals surface area contributed by atoms with Gasteiger partial charge in [0.25, 0.3) is 5.91 Å². The van der Waals surface area contributed by atoms with Crippen LogP contribution in [0.3, 0.4) is 0 Å². The van der Waals surface area contributed by atoms with Crippen molar-refractivity contribution in [2.75, 3.05) is 13.1 Å². The van der Waals surface area contributed by atoms with Gasteiger partial charge in [-0.2, -0.15) is 0 Å². The van der Waals surface area contributed by atoms with Crippen LogP contribution in [-0.4, -0.2) is 41.4 Å². The maximum atomic E-state index is 12.4. The summed E-state index contributed by atoms with van der Waals surface area (Å²) in [6.07, 6.45) is 7.88. The Labute approximate surface area is 117 Å². The maximum absolute atomic E-state index is 12.4. The van der Waals surface area contributed by atoms with Crippen LogP contribution < -0.4 is 10.6 Å². The van der Waals surface area contributed by atoms with E-state index in [1.165, 1.54) is 0 Å². The number of piperidine rings is 1. The summed E-state index contributed by atoms with van der Waals surface area (Å²) in [4.78, 5) is 37.3. The lowest BCUT2D eigenvalue weighted by atomic mass is 9.86. The largest absolute Gasteiger partial charge is 0.342 e. The molecule has 20 heavy (non-hydrogen) atoms. The molecule has 4 amide bonds. The highest BCUT2D eigenvalue weighted by Crippen LogP contribution is 2.28. The first-order valence-corrected chi connectivity index (χ1v) is 7.18. The Morgan fingerprint density at radius 1 is 1.25 bits per heavy atom. The van der Waals surface area contributed by atoms with Gasteiger partial charge in [-0.25, -0.2) is 4.79 Å². The van der Waals surface area contributed by atoms with Crippen LogP contribution in [0, 0.1) is 5.92 Å². The van der Waals surface area contributed by atoms with Crippen molar-refractivity contribution in [1.82, 2.24) is 15.5 Å². The molecular weight excluding hydrogens is 258 g/mol. The third kappa shape index (κ3) is 2.19. The molecule has 0 unspecified atom stereocenters. The topological polar surface area (TPSA) is 78.5 Å². The summed E-state index contributed by atoms with van der Waals surface area (Å²) in [7, 11) is 0. The SMILES string of the molecule is O=C1NC(=O)C2(CCN(C(=O)[C@H]3CC=CCC3)CC2)N1. The normalized spacial score (nSPS) is 28.4. The van der Waals surface area contributed by atoms with Gasteiger partial charge in [0.2, 0.25) is 5.91 Å². The maximum Gasteiger partial charge on any atom is 0.322 e. The zero-order valence-corrected chi connectivity index (χ0v) is 11.4. The quantitative estimate of drug-likeness (QED) is 0.542. The van der Waals surface area contributed by atoms with Crippen molar-refractivity contribution in [2.24, 2.45) is 5.92 Å². The predicted molar refractivity (Wildman–Crippen MR) is 71.7 cm³/mol. The number of hydrogen-bond acceptors (Lipinski definition) is 3. The second kappa shape index (κ2) is 4.92. The first-order valence-electron chi connectivity index (χ1n) is 7.18. The summed E-state index contributed by atoms with van der Waals surface area (Å²) < 4.78 is 0. The Kier molecular flexibility index (Phi) is 3.23. The van der Waals surface area contributed by atoms with E-state index in [1.807, 2.05) is 4.90 Å². The van der Waals surface area contributed by atoms with Crippen LogP contribution >= 0.6 is 0 Å². The molecule has 2 aliphatic heterocycles. The zero-order chi connectivity index (χ0) is 14.2. The van der Waals surface area contributed by atoms with Gasteiger partial charge in [0.05, 0.1) is 0 Å². The van der Waals surface area contributed by atoms with E-state index in [2.05, 4.69) is 22.8 Å². The van der Waals surface area contributed by atoms with Gasteiger partial charge in [0.15, 0.2) is 0 Å². The van der Waals surface area contributed by atoms with Crippen LogP contribution in [0.15, 0.2) is 12.2 Å². The van der Waals surface area contributed by atoms with Crippen LogP contribution in [-0.2, 0) is 9.59 Å². The van der Waals surface area contributed by atoms with E-state index in [4.69, 9.17) is 0 Å². The Morgan fingerprint density at radius 2 is 2.00 bits per heavy atom. The molecule has 3 rings (SSSR count). The Balaban J connectivity index is 1.61. The van der Waals surface area contributed by atoms with E-state index >= 15 is 0 Å². The zero-order valence-electron chi connectivity index (χ0n) is 11.4. The summed E-state index contributed by atoms with van der Waals surface area (Å²) in [6, 6.07) is -0.424. The van der Waals surface area contributed by atoms with E-state index in [0.717, 1.165) is 19.3 Å². The second-order valence-electron chi connectivity index (χ2n) is 5.80. The summed E-state index contributed by atoms with van der Waals surface area (Å²) in [5.41, 5.74) is -0.791. The van der Waals surface area contributed by atoms with Crippen LogP contribution in [0.2, 0.25) is 0 Å². The average molecular weight is 277 g/mol. The number of amides is 4. The Hall–Kier alpha value is -1.85. The number of urea groups is 1. The summed E-state index contributed by atoms with van der Waals surface area (Å²) >= 11 is 0. The third-order valence-electron chi connectivity index (χ3n) is 4.56. The lowest BCUT2D eigenvalue weighted by Crippen LogP contribution is -2.56. The van der Waals surface area contributed by atoms with Gasteiger partial charge in [-0.3, -0.25) is 14.9 Å². The molecule has 0 radical (unpaired) electrons. The van der Waals surface area contributed by atoms with Crippen LogP contribution in [0.1, 0.15) is 32.1 Å². The molecule has 2 N–H and O–H groups in total. The van der Waals surface area contributed by atoms with Gasteiger partial charge in [-0.1, -0.05) is 12.2 Å². The lowest BCUT2D eigenvalue weighted by molar-refractivity contribution is -0.139. The number of imide groups is 1. The van der Waals surface area contributed by atoms with E-state index in [1.54, 1.807) is 0 Å². The molecule has 1 spiro atoms. The first kappa shape index (κ1) is 13.1. The van der Waals surface area contributed by atoms with Crippen LogP contribution in [0.5, 0.6) is 0 Å². The molecule has 0 aromatic heterocycles. The minimum atomic E-state index is -0.791. The minimum Gasteiger partial charge on any atom is -0.342 e. The van der Waals surface area contributed by atoms with Crippen LogP contribution in [0.25, 0.3) is 0 Å². The van der Waals surface area contributed by atoms with Crippen molar-refractivity contribution in [3.63, 3.8) is 0 Å². The molecule has 2 heterocycles. The number of rotatable bonds is 1. The Bertz CT molecular complexity index is 478. The summed E-state index contributed by atoms with van der Waals surface area (Å²) in [5.74, 6) is 0.0187. The number of allylic oxidation sites excluding steroid dienone is 2. The fraction of sp³-hybridized carbons (Fsp3) is 0.643. The highest BCUT2D eigenvalue weighted by atomic mass is 16.2. The minimum absolute atomic E-state index is 0.0843. The van der Waals surface area contributed by atoms with Gasteiger partial charge in [0.1, 0.15) is 5.54 Å². The highest BCUT2D eigenvalue weighted by molar-refractivity contribution is 6.07. The molecule has 108 valence electrons. The molecule has 1 atom stereocenters. The van der Waals surface area contributed by atoms with Crippen molar-refractivity contribution >= 4 is 17.8 Å². The molecule has 0 aromatic rings. The molecule has 0 bridgehead atoms. The van der Waals surface area contributed by atoms with Crippen LogP contribution in [0.4, 0.5) is 4.79 Å². The fourth-order valence-electron chi connectivity index (χ4n) is 3.27. The average Bonchev–Trinajstić information content (AvgIpc) is 2.74. The summed E-state index contributed by atoms with van der Waals surface area (Å²) in [5, 5.41) is 4.99. The van der Waals surface area contributed by atoms with Gasteiger partial charge < -0.3 is 10.2 Å². The van der Waals surface area contributed by atoms with Crippen molar-refractivity contribution in [3.05, 3.63) is 12.2 Å². The predicted octanol–water partition coefficient (Wildman–Crippen LogP) is 0.543. The van der Waals surface area contributed by atoms with Gasteiger partial charge >= 0.3 is 6.03 Å². The molecule has 3 aliphatic rings. The number of nitrogens with zero attached hydrogens (tertiary/aromatic N) is 1. The van der Waals surface area contributed by atoms with Crippen molar-refractivity contribution in [2.45, 2.75) is 37.6 Å².